The number of aliphatic hydroxyl groups excluding tert-OH is 1. The molecule has 1 heterocycles. The van der Waals surface area contributed by atoms with Crippen LogP contribution in [0, 0.1) is 6.92 Å². The van der Waals surface area contributed by atoms with Gasteiger partial charge in [-0.3, -0.25) is 0 Å². The molecular weight excluding hydrogens is 283 g/mol. The highest BCUT2D eigenvalue weighted by Gasteiger charge is 2.34. The zero-order valence-corrected chi connectivity index (χ0v) is 11.7. The molecular formula is C14H16F3N3O. The van der Waals surface area contributed by atoms with Gasteiger partial charge in [-0.1, -0.05) is 25.1 Å². The number of hydrogen-bond donors (Lipinski definition) is 1. The fourth-order valence-corrected chi connectivity index (χ4v) is 2.04. The second-order valence-electron chi connectivity index (χ2n) is 4.77. The fourth-order valence-electron chi connectivity index (χ4n) is 2.04. The largest absolute Gasteiger partial charge is 0.417 e. The number of rotatable bonds is 4. The normalized spacial score (nSPS) is 13.4. The lowest BCUT2D eigenvalue weighted by atomic mass is 10.1. The van der Waals surface area contributed by atoms with Crippen LogP contribution in [0.25, 0.3) is 11.4 Å². The number of aromatic nitrogens is 3. The van der Waals surface area contributed by atoms with Gasteiger partial charge < -0.3 is 5.11 Å². The van der Waals surface area contributed by atoms with Gasteiger partial charge in [0.15, 0.2) is 5.82 Å². The molecule has 1 N–H and O–H groups in total. The van der Waals surface area contributed by atoms with Crippen molar-refractivity contribution in [3.63, 3.8) is 0 Å². The highest BCUT2D eigenvalue weighted by Crippen LogP contribution is 2.36. The summed E-state index contributed by atoms with van der Waals surface area (Å²) in [5, 5.41) is 13.8. The minimum absolute atomic E-state index is 0.0334. The third-order valence-electron chi connectivity index (χ3n) is 3.11. The van der Waals surface area contributed by atoms with Crippen molar-refractivity contribution in [1.82, 2.24) is 14.8 Å². The molecule has 0 spiro atoms. The Morgan fingerprint density at radius 3 is 2.57 bits per heavy atom. The van der Waals surface area contributed by atoms with E-state index in [2.05, 4.69) is 10.1 Å². The number of hydrogen-bond acceptors (Lipinski definition) is 3. The average molecular weight is 299 g/mol. The minimum atomic E-state index is -4.47. The van der Waals surface area contributed by atoms with E-state index in [4.69, 9.17) is 0 Å². The minimum Gasteiger partial charge on any atom is -0.391 e. The van der Waals surface area contributed by atoms with E-state index < -0.39 is 17.8 Å². The topological polar surface area (TPSA) is 50.9 Å². The molecule has 7 heteroatoms. The Labute approximate surface area is 120 Å². The lowest BCUT2D eigenvalue weighted by molar-refractivity contribution is -0.137. The van der Waals surface area contributed by atoms with Crippen LogP contribution in [0.3, 0.4) is 0 Å². The summed E-state index contributed by atoms with van der Waals surface area (Å²) in [6.45, 7) is 3.51. The summed E-state index contributed by atoms with van der Waals surface area (Å²) < 4.78 is 40.6. The summed E-state index contributed by atoms with van der Waals surface area (Å²) in [6, 6.07) is 5.23. The Hall–Kier alpha value is -1.89. The van der Waals surface area contributed by atoms with E-state index in [0.29, 0.717) is 12.2 Å². The molecule has 0 bridgehead atoms. The predicted molar refractivity (Wildman–Crippen MR) is 71.5 cm³/mol. The quantitative estimate of drug-likeness (QED) is 0.944. The van der Waals surface area contributed by atoms with Crippen molar-refractivity contribution in [2.24, 2.45) is 0 Å². The van der Waals surface area contributed by atoms with Crippen molar-refractivity contribution >= 4 is 0 Å². The smallest absolute Gasteiger partial charge is 0.391 e. The van der Waals surface area contributed by atoms with E-state index in [9.17, 15) is 18.3 Å². The van der Waals surface area contributed by atoms with Crippen LogP contribution in [0.1, 0.15) is 24.7 Å². The van der Waals surface area contributed by atoms with E-state index >= 15 is 0 Å². The highest BCUT2D eigenvalue weighted by molar-refractivity contribution is 5.61. The van der Waals surface area contributed by atoms with Gasteiger partial charge >= 0.3 is 6.18 Å². The fraction of sp³-hybridized carbons (Fsp3) is 0.429. The zero-order chi connectivity index (χ0) is 15.6. The van der Waals surface area contributed by atoms with Crippen molar-refractivity contribution in [2.45, 2.75) is 39.1 Å². The van der Waals surface area contributed by atoms with E-state index in [-0.39, 0.29) is 17.9 Å². The van der Waals surface area contributed by atoms with Gasteiger partial charge in [-0.25, -0.2) is 9.67 Å². The van der Waals surface area contributed by atoms with Gasteiger partial charge in [-0.05, 0) is 19.4 Å². The van der Waals surface area contributed by atoms with E-state index in [0.717, 1.165) is 6.07 Å². The lowest BCUT2D eigenvalue weighted by Gasteiger charge is -2.14. The van der Waals surface area contributed by atoms with Crippen LogP contribution in [0.15, 0.2) is 24.3 Å². The van der Waals surface area contributed by atoms with E-state index in [1.54, 1.807) is 13.8 Å². The number of benzene rings is 1. The van der Waals surface area contributed by atoms with Crippen LogP contribution in [-0.4, -0.2) is 26.0 Å². The second kappa shape index (κ2) is 5.85. The highest BCUT2D eigenvalue weighted by atomic mass is 19.4. The Morgan fingerprint density at radius 2 is 1.95 bits per heavy atom. The van der Waals surface area contributed by atoms with Crippen molar-refractivity contribution in [3.8, 4) is 11.4 Å². The van der Waals surface area contributed by atoms with Crippen molar-refractivity contribution < 1.29 is 18.3 Å². The first-order valence-electron chi connectivity index (χ1n) is 6.59. The van der Waals surface area contributed by atoms with E-state index in [1.807, 2.05) is 0 Å². The zero-order valence-electron chi connectivity index (χ0n) is 11.7. The molecule has 0 unspecified atom stereocenters. The van der Waals surface area contributed by atoms with Gasteiger partial charge in [0.25, 0.3) is 0 Å². The Kier molecular flexibility index (Phi) is 4.32. The molecule has 1 atom stereocenters. The van der Waals surface area contributed by atoms with Crippen LogP contribution >= 0.6 is 0 Å². The molecule has 114 valence electrons. The Balaban J connectivity index is 2.53. The summed E-state index contributed by atoms with van der Waals surface area (Å²) in [6.07, 6.45) is -4.66. The SMILES string of the molecule is CC[C@@H](O)Cn1nc(C)nc1-c1ccccc1C(F)(F)F. The molecule has 0 saturated heterocycles. The van der Waals surface area contributed by atoms with Crippen LogP contribution in [-0.2, 0) is 12.7 Å². The van der Waals surface area contributed by atoms with Crippen LogP contribution in [0.4, 0.5) is 13.2 Å². The third-order valence-corrected chi connectivity index (χ3v) is 3.11. The first-order chi connectivity index (χ1) is 9.82. The Morgan fingerprint density at radius 1 is 1.29 bits per heavy atom. The van der Waals surface area contributed by atoms with Gasteiger partial charge in [0.2, 0.25) is 0 Å². The monoisotopic (exact) mass is 299 g/mol. The number of nitrogens with zero attached hydrogens (tertiary/aromatic N) is 3. The molecule has 2 rings (SSSR count). The Bertz CT molecular complexity index is 622. The number of aryl methyl sites for hydroxylation is 1. The van der Waals surface area contributed by atoms with Crippen LogP contribution < -0.4 is 0 Å². The predicted octanol–water partition coefficient (Wildman–Crippen LogP) is 3.04. The number of aliphatic hydroxyl groups is 1. The maximum atomic E-state index is 13.1. The van der Waals surface area contributed by atoms with Crippen LogP contribution in [0.5, 0.6) is 0 Å². The summed E-state index contributed by atoms with van der Waals surface area (Å²) in [7, 11) is 0. The maximum absolute atomic E-state index is 13.1. The standard InChI is InChI=1S/C14H16F3N3O/c1-3-10(21)8-20-13(18-9(2)19-20)11-6-4-5-7-12(11)14(15,16)17/h4-7,10,21H,3,8H2,1-2H3/t10-/m1/s1. The van der Waals surface area contributed by atoms with Crippen LogP contribution in [0.2, 0.25) is 0 Å². The molecule has 0 aliphatic heterocycles. The van der Waals surface area contributed by atoms with Gasteiger partial charge in [-0.15, -0.1) is 0 Å². The second-order valence-corrected chi connectivity index (χ2v) is 4.77. The molecule has 21 heavy (non-hydrogen) atoms. The molecule has 0 aliphatic carbocycles. The molecule has 2 aromatic rings. The summed E-state index contributed by atoms with van der Waals surface area (Å²) >= 11 is 0. The average Bonchev–Trinajstić information content (AvgIpc) is 2.78. The molecule has 1 aromatic heterocycles. The first-order valence-corrected chi connectivity index (χ1v) is 6.59. The van der Waals surface area contributed by atoms with Gasteiger partial charge in [-0.2, -0.15) is 18.3 Å². The van der Waals surface area contributed by atoms with Crippen molar-refractivity contribution in [1.29, 1.82) is 0 Å². The van der Waals surface area contributed by atoms with Gasteiger partial charge in [0.05, 0.1) is 18.2 Å². The van der Waals surface area contributed by atoms with Crippen molar-refractivity contribution in [3.05, 3.63) is 35.7 Å². The first kappa shape index (κ1) is 15.5. The maximum Gasteiger partial charge on any atom is 0.417 e. The van der Waals surface area contributed by atoms with E-state index in [1.165, 1.54) is 22.9 Å². The third kappa shape index (κ3) is 3.41. The summed E-state index contributed by atoms with van der Waals surface area (Å²) in [5.74, 6) is 0.484. The lowest BCUT2D eigenvalue weighted by Crippen LogP contribution is -2.17. The molecule has 1 aromatic carbocycles. The summed E-state index contributed by atoms with van der Waals surface area (Å²) in [5.41, 5.74) is -0.793. The molecule has 4 nitrogen and oxygen atoms in total. The molecule has 0 fully saturated rings. The van der Waals surface area contributed by atoms with Gasteiger partial charge in [0.1, 0.15) is 5.82 Å². The molecule has 0 amide bonds. The van der Waals surface area contributed by atoms with Gasteiger partial charge in [0, 0.05) is 5.56 Å². The number of halogens is 3. The molecule has 0 radical (unpaired) electrons. The van der Waals surface area contributed by atoms with Crippen molar-refractivity contribution in [2.75, 3.05) is 0 Å². The summed E-state index contributed by atoms with van der Waals surface area (Å²) in [4.78, 5) is 4.08. The number of alkyl halides is 3. The molecule has 0 aliphatic rings. The molecule has 0 saturated carbocycles.